The van der Waals surface area contributed by atoms with E-state index in [4.69, 9.17) is 4.52 Å². The SMILES string of the molecule is Cc1noc(C)c1CCNC(=O)c1cc(C(C)(C)C)nn1C. The number of hydrogen-bond donors (Lipinski definition) is 1. The van der Waals surface area contributed by atoms with Crippen LogP contribution in [0.5, 0.6) is 0 Å². The van der Waals surface area contributed by atoms with Gasteiger partial charge in [0.05, 0.1) is 11.4 Å². The molecule has 0 aromatic carbocycles. The molecule has 0 bridgehead atoms. The normalized spacial score (nSPS) is 11.7. The molecule has 0 fully saturated rings. The molecule has 0 radical (unpaired) electrons. The van der Waals surface area contributed by atoms with Gasteiger partial charge in [0.2, 0.25) is 0 Å². The lowest BCUT2D eigenvalue weighted by Gasteiger charge is -2.13. The summed E-state index contributed by atoms with van der Waals surface area (Å²) >= 11 is 0. The minimum atomic E-state index is -0.114. The molecule has 22 heavy (non-hydrogen) atoms. The molecule has 2 heterocycles. The highest BCUT2D eigenvalue weighted by atomic mass is 16.5. The number of nitrogens with zero attached hydrogens (tertiary/aromatic N) is 3. The first-order valence-corrected chi connectivity index (χ1v) is 7.44. The largest absolute Gasteiger partial charge is 0.361 e. The van der Waals surface area contributed by atoms with Crippen LogP contribution in [0.3, 0.4) is 0 Å². The Morgan fingerprint density at radius 3 is 2.55 bits per heavy atom. The van der Waals surface area contributed by atoms with Gasteiger partial charge in [0, 0.05) is 24.6 Å². The van der Waals surface area contributed by atoms with Crippen LogP contribution in [0.25, 0.3) is 0 Å². The molecule has 0 atom stereocenters. The molecule has 2 aromatic heterocycles. The summed E-state index contributed by atoms with van der Waals surface area (Å²) in [5.74, 6) is 0.694. The fraction of sp³-hybridized carbons (Fsp3) is 0.562. The molecule has 1 amide bonds. The third-order valence-electron chi connectivity index (χ3n) is 3.72. The van der Waals surface area contributed by atoms with Crippen LogP contribution < -0.4 is 5.32 Å². The third kappa shape index (κ3) is 3.37. The first-order valence-electron chi connectivity index (χ1n) is 7.44. The summed E-state index contributed by atoms with van der Waals surface area (Å²) in [7, 11) is 1.79. The van der Waals surface area contributed by atoms with Gasteiger partial charge in [-0.1, -0.05) is 25.9 Å². The quantitative estimate of drug-likeness (QED) is 0.940. The van der Waals surface area contributed by atoms with Gasteiger partial charge < -0.3 is 9.84 Å². The number of carbonyl (C=O) groups is 1. The molecular weight excluding hydrogens is 280 g/mol. The topological polar surface area (TPSA) is 73.0 Å². The van der Waals surface area contributed by atoms with Crippen LogP contribution in [-0.4, -0.2) is 27.4 Å². The van der Waals surface area contributed by atoms with Crippen LogP contribution in [-0.2, 0) is 18.9 Å². The predicted molar refractivity (Wildman–Crippen MR) is 83.9 cm³/mol. The van der Waals surface area contributed by atoms with Gasteiger partial charge in [-0.05, 0) is 26.3 Å². The van der Waals surface area contributed by atoms with Crippen molar-refractivity contribution in [2.24, 2.45) is 7.05 Å². The smallest absolute Gasteiger partial charge is 0.269 e. The molecule has 0 spiro atoms. The maximum absolute atomic E-state index is 12.3. The molecule has 0 saturated heterocycles. The Morgan fingerprint density at radius 2 is 2.05 bits per heavy atom. The molecule has 2 rings (SSSR count). The van der Waals surface area contributed by atoms with Crippen LogP contribution in [0.1, 0.15) is 54.0 Å². The molecule has 6 heteroatoms. The lowest BCUT2D eigenvalue weighted by molar-refractivity contribution is 0.0944. The summed E-state index contributed by atoms with van der Waals surface area (Å²) in [6.45, 7) is 10.6. The van der Waals surface area contributed by atoms with E-state index in [1.807, 2.05) is 19.9 Å². The Hall–Kier alpha value is -2.11. The summed E-state index contributed by atoms with van der Waals surface area (Å²) in [5.41, 5.74) is 3.34. The van der Waals surface area contributed by atoms with Crippen LogP contribution in [0.4, 0.5) is 0 Å². The summed E-state index contributed by atoms with van der Waals surface area (Å²) in [6.07, 6.45) is 0.705. The van der Waals surface area contributed by atoms with Crippen molar-refractivity contribution >= 4 is 5.91 Å². The summed E-state index contributed by atoms with van der Waals surface area (Å²) < 4.78 is 6.75. The van der Waals surface area contributed by atoms with Crippen molar-refractivity contribution in [3.8, 4) is 0 Å². The number of aryl methyl sites for hydroxylation is 3. The molecule has 1 N–H and O–H groups in total. The molecule has 0 aliphatic rings. The fourth-order valence-corrected chi connectivity index (χ4v) is 2.30. The van der Waals surface area contributed by atoms with Gasteiger partial charge in [0.15, 0.2) is 0 Å². The number of aromatic nitrogens is 3. The van der Waals surface area contributed by atoms with Crippen molar-refractivity contribution in [3.63, 3.8) is 0 Å². The van der Waals surface area contributed by atoms with Crippen molar-refractivity contribution in [1.29, 1.82) is 0 Å². The molecule has 0 aliphatic heterocycles. The average Bonchev–Trinajstić information content (AvgIpc) is 2.95. The summed E-state index contributed by atoms with van der Waals surface area (Å²) in [4.78, 5) is 12.3. The monoisotopic (exact) mass is 304 g/mol. The Bertz CT molecular complexity index is 657. The van der Waals surface area contributed by atoms with Crippen molar-refractivity contribution in [3.05, 3.63) is 34.5 Å². The average molecular weight is 304 g/mol. The molecule has 6 nitrogen and oxygen atoms in total. The van der Waals surface area contributed by atoms with Gasteiger partial charge in [-0.25, -0.2) is 0 Å². The second kappa shape index (κ2) is 5.94. The van der Waals surface area contributed by atoms with E-state index in [0.29, 0.717) is 18.7 Å². The van der Waals surface area contributed by atoms with Crippen molar-refractivity contribution in [2.75, 3.05) is 6.54 Å². The molecule has 2 aromatic rings. The van der Waals surface area contributed by atoms with Crippen LogP contribution >= 0.6 is 0 Å². The summed E-state index contributed by atoms with van der Waals surface area (Å²) in [6, 6.07) is 1.85. The van der Waals surface area contributed by atoms with Gasteiger partial charge in [-0.3, -0.25) is 9.48 Å². The first kappa shape index (κ1) is 16.3. The minimum Gasteiger partial charge on any atom is -0.361 e. The molecular formula is C16H24N4O2. The Morgan fingerprint density at radius 1 is 1.36 bits per heavy atom. The highest BCUT2D eigenvalue weighted by molar-refractivity contribution is 5.92. The zero-order valence-electron chi connectivity index (χ0n) is 14.1. The number of nitrogens with one attached hydrogen (secondary N) is 1. The lowest BCUT2D eigenvalue weighted by Crippen LogP contribution is -2.27. The van der Waals surface area contributed by atoms with Gasteiger partial charge >= 0.3 is 0 Å². The number of amides is 1. The summed E-state index contributed by atoms with van der Waals surface area (Å²) in [5, 5.41) is 11.3. The molecule has 0 unspecified atom stereocenters. The van der Waals surface area contributed by atoms with Crippen molar-refractivity contribution < 1.29 is 9.32 Å². The Balaban J connectivity index is 2.00. The van der Waals surface area contributed by atoms with E-state index in [0.717, 1.165) is 22.7 Å². The number of hydrogen-bond acceptors (Lipinski definition) is 4. The van der Waals surface area contributed by atoms with Crippen molar-refractivity contribution in [1.82, 2.24) is 20.3 Å². The fourth-order valence-electron chi connectivity index (χ4n) is 2.30. The van der Waals surface area contributed by atoms with Crippen molar-refractivity contribution in [2.45, 2.75) is 46.5 Å². The minimum absolute atomic E-state index is 0.0764. The standard InChI is InChI=1S/C16H24N4O2/c1-10-12(11(2)22-19-10)7-8-17-15(21)13-9-14(16(3,4)5)18-20(13)6/h9H,7-8H2,1-6H3,(H,17,21). The van der Waals surface area contributed by atoms with Gasteiger partial charge in [0.25, 0.3) is 5.91 Å². The second-order valence-electron chi connectivity index (χ2n) is 6.60. The zero-order valence-corrected chi connectivity index (χ0v) is 14.1. The maximum atomic E-state index is 12.3. The highest BCUT2D eigenvalue weighted by Gasteiger charge is 2.21. The zero-order chi connectivity index (χ0) is 16.5. The van der Waals surface area contributed by atoms with E-state index in [-0.39, 0.29) is 11.3 Å². The van der Waals surface area contributed by atoms with E-state index in [1.54, 1.807) is 11.7 Å². The first-order chi connectivity index (χ1) is 10.2. The number of rotatable bonds is 4. The van der Waals surface area contributed by atoms with E-state index >= 15 is 0 Å². The Kier molecular flexibility index (Phi) is 4.39. The molecule has 120 valence electrons. The molecule has 0 saturated carbocycles. The van der Waals surface area contributed by atoms with Crippen LogP contribution in [0.15, 0.2) is 10.6 Å². The lowest BCUT2D eigenvalue weighted by atomic mass is 9.92. The van der Waals surface area contributed by atoms with Crippen LogP contribution in [0.2, 0.25) is 0 Å². The maximum Gasteiger partial charge on any atom is 0.269 e. The second-order valence-corrected chi connectivity index (χ2v) is 6.60. The van der Waals surface area contributed by atoms with Gasteiger partial charge in [-0.2, -0.15) is 5.10 Å². The van der Waals surface area contributed by atoms with Crippen LogP contribution in [0, 0.1) is 13.8 Å². The molecule has 0 aliphatic carbocycles. The highest BCUT2D eigenvalue weighted by Crippen LogP contribution is 2.21. The Labute approximate surface area is 130 Å². The van der Waals surface area contributed by atoms with E-state index in [9.17, 15) is 4.79 Å². The van der Waals surface area contributed by atoms with Gasteiger partial charge in [0.1, 0.15) is 11.5 Å². The van der Waals surface area contributed by atoms with E-state index in [1.165, 1.54) is 0 Å². The third-order valence-corrected chi connectivity index (χ3v) is 3.72. The van der Waals surface area contributed by atoms with E-state index in [2.05, 4.69) is 36.3 Å². The van der Waals surface area contributed by atoms with E-state index < -0.39 is 0 Å². The van der Waals surface area contributed by atoms with Gasteiger partial charge in [-0.15, -0.1) is 0 Å². The number of carbonyl (C=O) groups excluding carboxylic acids is 1. The predicted octanol–water partition coefficient (Wildman–Crippen LogP) is 2.29.